The molecule has 0 bridgehead atoms. The number of para-hydroxylation sites is 1. The van der Waals surface area contributed by atoms with Crippen molar-refractivity contribution in [3.63, 3.8) is 0 Å². The third kappa shape index (κ3) is 3.85. The van der Waals surface area contributed by atoms with Crippen LogP contribution in [0.2, 0.25) is 0 Å². The summed E-state index contributed by atoms with van der Waals surface area (Å²) in [4.78, 5) is 11.1. The summed E-state index contributed by atoms with van der Waals surface area (Å²) >= 11 is 0. The van der Waals surface area contributed by atoms with Crippen LogP contribution in [-0.2, 0) is 9.53 Å². The molecule has 2 rings (SSSR count). The van der Waals surface area contributed by atoms with Crippen molar-refractivity contribution in [3.8, 4) is 11.1 Å². The molecule has 0 aliphatic rings. The molecule has 0 aliphatic heterocycles. The molecule has 0 fully saturated rings. The summed E-state index contributed by atoms with van der Waals surface area (Å²) < 4.78 is 4.63. The zero-order chi connectivity index (χ0) is 14.2. The van der Waals surface area contributed by atoms with Crippen LogP contribution in [0.3, 0.4) is 0 Å². The Labute approximate surface area is 119 Å². The van der Waals surface area contributed by atoms with E-state index in [0.717, 1.165) is 18.7 Å². The minimum Gasteiger partial charge on any atom is -0.469 e. The molecule has 0 saturated carbocycles. The Hall–Kier alpha value is -2.29. The fourth-order valence-electron chi connectivity index (χ4n) is 2.06. The minimum absolute atomic E-state index is 0.164. The highest BCUT2D eigenvalue weighted by Crippen LogP contribution is 2.27. The third-order valence-corrected chi connectivity index (χ3v) is 3.11. The normalized spacial score (nSPS) is 10.1. The molecule has 0 unspecified atom stereocenters. The Kier molecular flexibility index (Phi) is 5.18. The van der Waals surface area contributed by atoms with Crippen molar-refractivity contribution in [2.75, 3.05) is 19.0 Å². The molecule has 0 spiro atoms. The van der Waals surface area contributed by atoms with E-state index in [2.05, 4.69) is 34.3 Å². The quantitative estimate of drug-likeness (QED) is 0.641. The molecule has 0 aliphatic carbocycles. The second-order valence-electron chi connectivity index (χ2n) is 4.52. The highest BCUT2D eigenvalue weighted by molar-refractivity contribution is 5.77. The molecule has 3 heteroatoms. The van der Waals surface area contributed by atoms with Gasteiger partial charge in [0, 0.05) is 24.2 Å². The van der Waals surface area contributed by atoms with Crippen LogP contribution < -0.4 is 5.32 Å². The predicted octanol–water partition coefficient (Wildman–Crippen LogP) is 3.72. The van der Waals surface area contributed by atoms with E-state index in [1.807, 2.05) is 30.3 Å². The average Bonchev–Trinajstić information content (AvgIpc) is 2.52. The number of ether oxygens (including phenoxy) is 1. The maximum Gasteiger partial charge on any atom is 0.305 e. The summed E-state index contributed by atoms with van der Waals surface area (Å²) in [5.74, 6) is -0.164. The van der Waals surface area contributed by atoms with Crippen LogP contribution in [0.15, 0.2) is 54.6 Å². The summed E-state index contributed by atoms with van der Waals surface area (Å²) in [5, 5.41) is 3.38. The van der Waals surface area contributed by atoms with Gasteiger partial charge in [0.25, 0.3) is 0 Å². The van der Waals surface area contributed by atoms with Crippen LogP contribution in [0.1, 0.15) is 12.8 Å². The van der Waals surface area contributed by atoms with Crippen molar-refractivity contribution in [1.82, 2.24) is 0 Å². The molecule has 2 aromatic carbocycles. The first kappa shape index (κ1) is 14.1. The fraction of sp³-hybridized carbons (Fsp3) is 0.235. The van der Waals surface area contributed by atoms with Crippen molar-refractivity contribution in [1.29, 1.82) is 0 Å². The topological polar surface area (TPSA) is 38.3 Å². The average molecular weight is 269 g/mol. The summed E-state index contributed by atoms with van der Waals surface area (Å²) in [6.07, 6.45) is 1.20. The number of anilines is 1. The van der Waals surface area contributed by atoms with Gasteiger partial charge < -0.3 is 10.1 Å². The standard InChI is InChI=1S/C17H19NO2/c1-20-17(19)12-7-13-18-16-11-6-5-10-15(16)14-8-3-2-4-9-14/h2-6,8-11,18H,7,12-13H2,1H3. The first-order valence-corrected chi connectivity index (χ1v) is 6.76. The number of rotatable bonds is 6. The molecule has 0 radical (unpaired) electrons. The Morgan fingerprint density at radius 1 is 1.05 bits per heavy atom. The van der Waals surface area contributed by atoms with Gasteiger partial charge in [-0.05, 0) is 18.1 Å². The van der Waals surface area contributed by atoms with Crippen LogP contribution in [0.5, 0.6) is 0 Å². The Balaban J connectivity index is 2.00. The van der Waals surface area contributed by atoms with Crippen molar-refractivity contribution in [3.05, 3.63) is 54.6 Å². The molecular weight excluding hydrogens is 250 g/mol. The van der Waals surface area contributed by atoms with Crippen molar-refractivity contribution in [2.24, 2.45) is 0 Å². The molecule has 3 nitrogen and oxygen atoms in total. The number of hydrogen-bond donors (Lipinski definition) is 1. The molecule has 20 heavy (non-hydrogen) atoms. The number of carbonyl (C=O) groups is 1. The van der Waals surface area contributed by atoms with E-state index in [4.69, 9.17) is 0 Å². The zero-order valence-electron chi connectivity index (χ0n) is 11.6. The number of carbonyl (C=O) groups excluding carboxylic acids is 1. The van der Waals surface area contributed by atoms with Crippen molar-refractivity contribution >= 4 is 11.7 Å². The van der Waals surface area contributed by atoms with E-state index >= 15 is 0 Å². The second-order valence-corrected chi connectivity index (χ2v) is 4.52. The lowest BCUT2D eigenvalue weighted by molar-refractivity contribution is -0.140. The molecule has 0 heterocycles. The smallest absolute Gasteiger partial charge is 0.305 e. The van der Waals surface area contributed by atoms with Gasteiger partial charge in [0.05, 0.1) is 7.11 Å². The Morgan fingerprint density at radius 2 is 1.75 bits per heavy atom. The minimum atomic E-state index is -0.164. The Bertz CT molecular complexity index is 552. The van der Waals surface area contributed by atoms with E-state index < -0.39 is 0 Å². The number of nitrogens with one attached hydrogen (secondary N) is 1. The van der Waals surface area contributed by atoms with E-state index in [1.54, 1.807) is 0 Å². The summed E-state index contributed by atoms with van der Waals surface area (Å²) in [6.45, 7) is 0.749. The first-order valence-electron chi connectivity index (χ1n) is 6.76. The second kappa shape index (κ2) is 7.34. The maximum atomic E-state index is 11.1. The molecule has 0 saturated heterocycles. The molecule has 2 aromatic rings. The zero-order valence-corrected chi connectivity index (χ0v) is 11.6. The molecular formula is C17H19NO2. The van der Waals surface area contributed by atoms with E-state index in [-0.39, 0.29) is 5.97 Å². The first-order chi connectivity index (χ1) is 9.81. The van der Waals surface area contributed by atoms with E-state index in [9.17, 15) is 4.79 Å². The number of benzene rings is 2. The van der Waals surface area contributed by atoms with Gasteiger partial charge in [0.15, 0.2) is 0 Å². The predicted molar refractivity (Wildman–Crippen MR) is 81.6 cm³/mol. The number of esters is 1. The highest BCUT2D eigenvalue weighted by Gasteiger charge is 2.04. The Morgan fingerprint density at radius 3 is 2.50 bits per heavy atom. The fourth-order valence-corrected chi connectivity index (χ4v) is 2.06. The lowest BCUT2D eigenvalue weighted by Crippen LogP contribution is -2.07. The summed E-state index contributed by atoms with van der Waals surface area (Å²) in [6, 6.07) is 18.4. The van der Waals surface area contributed by atoms with Crippen LogP contribution in [-0.4, -0.2) is 19.6 Å². The molecule has 1 N–H and O–H groups in total. The summed E-state index contributed by atoms with van der Waals surface area (Å²) in [7, 11) is 1.42. The van der Waals surface area contributed by atoms with Gasteiger partial charge in [-0.3, -0.25) is 4.79 Å². The molecule has 0 aromatic heterocycles. The van der Waals surface area contributed by atoms with Crippen LogP contribution in [0.25, 0.3) is 11.1 Å². The van der Waals surface area contributed by atoms with Crippen LogP contribution in [0, 0.1) is 0 Å². The highest BCUT2D eigenvalue weighted by atomic mass is 16.5. The lowest BCUT2D eigenvalue weighted by atomic mass is 10.0. The van der Waals surface area contributed by atoms with E-state index in [0.29, 0.717) is 6.42 Å². The largest absolute Gasteiger partial charge is 0.469 e. The van der Waals surface area contributed by atoms with Crippen LogP contribution >= 0.6 is 0 Å². The maximum absolute atomic E-state index is 11.1. The van der Waals surface area contributed by atoms with Gasteiger partial charge in [-0.25, -0.2) is 0 Å². The molecule has 0 amide bonds. The number of methoxy groups -OCH3 is 1. The van der Waals surface area contributed by atoms with Gasteiger partial charge in [0.1, 0.15) is 0 Å². The lowest BCUT2D eigenvalue weighted by Gasteiger charge is -2.12. The third-order valence-electron chi connectivity index (χ3n) is 3.11. The van der Waals surface area contributed by atoms with Gasteiger partial charge >= 0.3 is 5.97 Å². The summed E-state index contributed by atoms with van der Waals surface area (Å²) in [5.41, 5.74) is 3.44. The van der Waals surface area contributed by atoms with Crippen molar-refractivity contribution in [2.45, 2.75) is 12.8 Å². The van der Waals surface area contributed by atoms with Gasteiger partial charge in [-0.15, -0.1) is 0 Å². The van der Waals surface area contributed by atoms with Gasteiger partial charge in [0.2, 0.25) is 0 Å². The van der Waals surface area contributed by atoms with Crippen molar-refractivity contribution < 1.29 is 9.53 Å². The molecule has 0 atom stereocenters. The number of hydrogen-bond acceptors (Lipinski definition) is 3. The van der Waals surface area contributed by atoms with E-state index in [1.165, 1.54) is 18.2 Å². The molecule has 104 valence electrons. The SMILES string of the molecule is COC(=O)CCCNc1ccccc1-c1ccccc1. The van der Waals surface area contributed by atoms with Gasteiger partial charge in [-0.2, -0.15) is 0 Å². The van der Waals surface area contributed by atoms with Gasteiger partial charge in [-0.1, -0.05) is 48.5 Å². The monoisotopic (exact) mass is 269 g/mol. The van der Waals surface area contributed by atoms with Crippen LogP contribution in [0.4, 0.5) is 5.69 Å².